The van der Waals surface area contributed by atoms with E-state index >= 15 is 0 Å². The molecule has 0 aliphatic heterocycles. The van der Waals surface area contributed by atoms with Crippen molar-refractivity contribution in [1.82, 2.24) is 5.16 Å². The van der Waals surface area contributed by atoms with Crippen molar-refractivity contribution in [3.8, 4) is 11.3 Å². The molecule has 3 rings (SSSR count). The molecule has 0 N–H and O–H groups in total. The topological polar surface area (TPSA) is 26.0 Å². The summed E-state index contributed by atoms with van der Waals surface area (Å²) in [4.78, 5) is 0. The lowest BCUT2D eigenvalue weighted by Gasteiger charge is -1.98. The number of hydrogen-bond acceptors (Lipinski definition) is 2. The third-order valence-electron chi connectivity index (χ3n) is 2.84. The van der Waals surface area contributed by atoms with E-state index in [4.69, 9.17) is 4.52 Å². The van der Waals surface area contributed by atoms with E-state index in [-0.39, 0.29) is 0 Å². The monoisotopic (exact) mass is 365 g/mol. The third-order valence-corrected chi connectivity index (χ3v) is 3.98. The van der Waals surface area contributed by atoms with Gasteiger partial charge in [0.2, 0.25) is 0 Å². The minimum absolute atomic E-state index is 0.774. The maximum atomic E-state index is 5.50. The fourth-order valence-corrected chi connectivity index (χ4v) is 2.66. The Bertz CT molecular complexity index is 689. The first-order chi connectivity index (χ1) is 8.79. The number of alkyl halides is 1. The predicted octanol–water partition coefficient (Wildman–Crippen LogP) is 5.15. The Morgan fingerprint density at radius 3 is 2.56 bits per heavy atom. The van der Waals surface area contributed by atoms with Crippen LogP contribution in [0.3, 0.4) is 0 Å². The van der Waals surface area contributed by atoms with Crippen molar-refractivity contribution >= 4 is 42.8 Å². The summed E-state index contributed by atoms with van der Waals surface area (Å²) in [5.74, 6) is 0.820. The number of fused-ring (bicyclic) bond motifs is 1. The van der Waals surface area contributed by atoms with Gasteiger partial charge in [-0.15, -0.1) is 0 Å². The molecule has 1 heterocycles. The first-order valence-electron chi connectivity index (χ1n) is 5.49. The van der Waals surface area contributed by atoms with Crippen molar-refractivity contribution in [2.45, 2.75) is 5.33 Å². The molecule has 3 aromatic rings. The normalized spacial score (nSPS) is 11.0. The first-order valence-corrected chi connectivity index (χ1v) is 7.40. The van der Waals surface area contributed by atoms with Crippen molar-refractivity contribution in [3.05, 3.63) is 52.5 Å². The summed E-state index contributed by atoms with van der Waals surface area (Å²) in [7, 11) is 0. The van der Waals surface area contributed by atoms with Gasteiger partial charge in [0.05, 0.1) is 5.39 Å². The highest BCUT2D eigenvalue weighted by molar-refractivity contribution is 9.10. The molecule has 1 aromatic heterocycles. The van der Waals surface area contributed by atoms with Gasteiger partial charge in [-0.3, -0.25) is 0 Å². The van der Waals surface area contributed by atoms with Crippen LogP contribution in [0.25, 0.3) is 22.2 Å². The SMILES string of the molecule is BrCc1cccc2c(-c3ccc(Br)cc3)onc12. The Labute approximate surface area is 121 Å². The smallest absolute Gasteiger partial charge is 0.174 e. The van der Waals surface area contributed by atoms with Crippen molar-refractivity contribution in [2.24, 2.45) is 0 Å². The molecule has 0 atom stereocenters. The second-order valence-corrected chi connectivity index (χ2v) is 5.44. The molecule has 0 saturated heterocycles. The van der Waals surface area contributed by atoms with Gasteiger partial charge in [-0.2, -0.15) is 0 Å². The fourth-order valence-electron chi connectivity index (χ4n) is 1.94. The molecule has 0 aliphatic carbocycles. The lowest BCUT2D eigenvalue weighted by atomic mass is 10.1. The van der Waals surface area contributed by atoms with Gasteiger partial charge < -0.3 is 4.52 Å². The highest BCUT2D eigenvalue weighted by Gasteiger charge is 2.12. The molecule has 0 amide bonds. The van der Waals surface area contributed by atoms with E-state index in [1.54, 1.807) is 0 Å². The van der Waals surface area contributed by atoms with E-state index in [2.05, 4.69) is 37.0 Å². The van der Waals surface area contributed by atoms with Crippen molar-refractivity contribution in [3.63, 3.8) is 0 Å². The van der Waals surface area contributed by atoms with Crippen LogP contribution in [0.1, 0.15) is 5.56 Å². The number of aromatic nitrogens is 1. The van der Waals surface area contributed by atoms with Crippen LogP contribution >= 0.6 is 31.9 Å². The highest BCUT2D eigenvalue weighted by atomic mass is 79.9. The third kappa shape index (κ3) is 1.99. The minimum atomic E-state index is 0.774. The highest BCUT2D eigenvalue weighted by Crippen LogP contribution is 2.31. The second-order valence-electron chi connectivity index (χ2n) is 3.97. The van der Waals surface area contributed by atoms with E-state index in [1.165, 1.54) is 0 Å². The maximum absolute atomic E-state index is 5.50. The quantitative estimate of drug-likeness (QED) is 0.586. The largest absolute Gasteiger partial charge is 0.355 e. The molecular formula is C14H9Br2NO. The van der Waals surface area contributed by atoms with Gasteiger partial charge in [0.15, 0.2) is 5.76 Å². The Balaban J connectivity index is 2.21. The molecular weight excluding hydrogens is 358 g/mol. The van der Waals surface area contributed by atoms with Crippen LogP contribution < -0.4 is 0 Å². The summed E-state index contributed by atoms with van der Waals surface area (Å²) in [5, 5.41) is 6.00. The molecule has 4 heteroatoms. The second kappa shape index (κ2) is 4.86. The van der Waals surface area contributed by atoms with Crippen molar-refractivity contribution < 1.29 is 4.52 Å². The van der Waals surface area contributed by atoms with E-state index in [1.807, 2.05) is 42.5 Å². The zero-order chi connectivity index (χ0) is 12.5. The van der Waals surface area contributed by atoms with Gasteiger partial charge in [0, 0.05) is 15.4 Å². The van der Waals surface area contributed by atoms with Crippen LogP contribution in [-0.4, -0.2) is 5.16 Å². The molecule has 18 heavy (non-hydrogen) atoms. The van der Waals surface area contributed by atoms with Gasteiger partial charge >= 0.3 is 0 Å². The fraction of sp³-hybridized carbons (Fsp3) is 0.0714. The summed E-state index contributed by atoms with van der Waals surface area (Å²) in [6.07, 6.45) is 0. The Morgan fingerprint density at radius 1 is 1.06 bits per heavy atom. The van der Waals surface area contributed by atoms with Crippen LogP contribution in [0.2, 0.25) is 0 Å². The maximum Gasteiger partial charge on any atom is 0.174 e. The van der Waals surface area contributed by atoms with Crippen LogP contribution in [0.15, 0.2) is 51.5 Å². The lowest BCUT2D eigenvalue weighted by molar-refractivity contribution is 0.440. The lowest BCUT2D eigenvalue weighted by Crippen LogP contribution is -1.80. The van der Waals surface area contributed by atoms with Crippen LogP contribution in [0.4, 0.5) is 0 Å². The molecule has 0 saturated carbocycles. The van der Waals surface area contributed by atoms with Crippen LogP contribution in [-0.2, 0) is 5.33 Å². The Morgan fingerprint density at radius 2 is 1.83 bits per heavy atom. The summed E-state index contributed by atoms with van der Waals surface area (Å²) in [6.45, 7) is 0. The van der Waals surface area contributed by atoms with E-state index in [0.29, 0.717) is 0 Å². The minimum Gasteiger partial charge on any atom is -0.355 e. The van der Waals surface area contributed by atoms with Gasteiger partial charge in [0.1, 0.15) is 5.52 Å². The molecule has 0 radical (unpaired) electrons. The van der Waals surface area contributed by atoms with Crippen molar-refractivity contribution in [2.75, 3.05) is 0 Å². The summed E-state index contributed by atoms with van der Waals surface area (Å²) in [6, 6.07) is 14.1. The summed E-state index contributed by atoms with van der Waals surface area (Å²) >= 11 is 6.89. The average molecular weight is 367 g/mol. The van der Waals surface area contributed by atoms with Gasteiger partial charge in [-0.05, 0) is 35.9 Å². The van der Waals surface area contributed by atoms with Gasteiger partial charge in [-0.25, -0.2) is 0 Å². The van der Waals surface area contributed by atoms with E-state index in [0.717, 1.165) is 37.6 Å². The molecule has 0 bridgehead atoms. The molecule has 2 nitrogen and oxygen atoms in total. The molecule has 0 spiro atoms. The summed E-state index contributed by atoms with van der Waals surface area (Å²) in [5.41, 5.74) is 3.10. The van der Waals surface area contributed by atoms with Crippen LogP contribution in [0, 0.1) is 0 Å². The molecule has 90 valence electrons. The van der Waals surface area contributed by atoms with Gasteiger partial charge in [0.25, 0.3) is 0 Å². The zero-order valence-electron chi connectivity index (χ0n) is 9.36. The standard InChI is InChI=1S/C14H9Br2NO/c15-8-10-2-1-3-12-13(10)17-18-14(12)9-4-6-11(16)7-5-9/h1-7H,8H2. The average Bonchev–Trinajstić information content (AvgIpc) is 2.83. The Hall–Kier alpha value is -1.13. The first kappa shape index (κ1) is 11.9. The predicted molar refractivity (Wildman–Crippen MR) is 79.8 cm³/mol. The van der Waals surface area contributed by atoms with Crippen LogP contribution in [0.5, 0.6) is 0 Å². The van der Waals surface area contributed by atoms with E-state index < -0.39 is 0 Å². The molecule has 2 aromatic carbocycles. The number of halogens is 2. The van der Waals surface area contributed by atoms with Crippen molar-refractivity contribution in [1.29, 1.82) is 0 Å². The number of hydrogen-bond donors (Lipinski definition) is 0. The Kier molecular flexibility index (Phi) is 3.22. The zero-order valence-corrected chi connectivity index (χ0v) is 12.5. The van der Waals surface area contributed by atoms with E-state index in [9.17, 15) is 0 Å². The molecule has 0 fully saturated rings. The van der Waals surface area contributed by atoms with Gasteiger partial charge in [-0.1, -0.05) is 49.1 Å². The summed E-state index contributed by atoms with van der Waals surface area (Å²) < 4.78 is 6.55. The number of nitrogens with zero attached hydrogens (tertiary/aromatic N) is 1. The number of rotatable bonds is 2. The molecule has 0 unspecified atom stereocenters. The number of benzene rings is 2. The molecule has 0 aliphatic rings.